The number of benzene rings is 2. The minimum absolute atomic E-state index is 0.462. The topological polar surface area (TPSA) is 18.5 Å². The van der Waals surface area contributed by atoms with Crippen LogP contribution in [0.5, 0.6) is 11.5 Å². The molecule has 0 saturated carbocycles. The Morgan fingerprint density at radius 2 is 1.68 bits per heavy atom. The molecule has 0 radical (unpaired) electrons. The Hall–Kier alpha value is -1.19. The van der Waals surface area contributed by atoms with Crippen LogP contribution in [0, 0.1) is 0 Å². The quantitative estimate of drug-likeness (QED) is 0.729. The molecular formula is C15H14BrClO2. The first-order chi connectivity index (χ1) is 9.22. The van der Waals surface area contributed by atoms with Crippen molar-refractivity contribution in [3.05, 3.63) is 58.1 Å². The van der Waals surface area contributed by atoms with Crippen LogP contribution in [-0.2, 0) is 12.5 Å². The zero-order valence-corrected chi connectivity index (χ0v) is 12.9. The van der Waals surface area contributed by atoms with Crippen LogP contribution >= 0.6 is 27.5 Å². The highest BCUT2D eigenvalue weighted by molar-refractivity contribution is 9.10. The van der Waals surface area contributed by atoms with Gasteiger partial charge in [0, 0.05) is 10.4 Å². The number of rotatable bonds is 5. The fraction of sp³-hybridized carbons (Fsp3) is 0.200. The SMILES string of the molecule is COc1cc(CCl)ccc1OCc1ccc(Br)cc1. The maximum absolute atomic E-state index is 5.80. The molecule has 0 N–H and O–H groups in total. The first-order valence-corrected chi connectivity index (χ1v) is 7.16. The van der Waals surface area contributed by atoms with Crippen LogP contribution in [-0.4, -0.2) is 7.11 Å². The molecule has 2 rings (SSSR count). The largest absolute Gasteiger partial charge is 0.493 e. The third-order valence-electron chi connectivity index (χ3n) is 2.69. The van der Waals surface area contributed by atoms with Gasteiger partial charge in [-0.3, -0.25) is 0 Å². The second kappa shape index (κ2) is 6.83. The molecule has 0 bridgehead atoms. The molecule has 0 atom stereocenters. The molecule has 0 unspecified atom stereocenters. The van der Waals surface area contributed by atoms with Crippen molar-refractivity contribution in [2.24, 2.45) is 0 Å². The summed E-state index contributed by atoms with van der Waals surface area (Å²) in [5.41, 5.74) is 2.11. The predicted molar refractivity (Wildman–Crippen MR) is 81.0 cm³/mol. The number of alkyl halides is 1. The summed E-state index contributed by atoms with van der Waals surface area (Å²) in [7, 11) is 1.62. The third-order valence-corrected chi connectivity index (χ3v) is 3.53. The molecule has 0 aliphatic carbocycles. The van der Waals surface area contributed by atoms with Crippen molar-refractivity contribution in [2.75, 3.05) is 7.11 Å². The summed E-state index contributed by atoms with van der Waals surface area (Å²) in [6, 6.07) is 13.7. The Morgan fingerprint density at radius 1 is 1.00 bits per heavy atom. The highest BCUT2D eigenvalue weighted by atomic mass is 79.9. The van der Waals surface area contributed by atoms with E-state index in [0.717, 1.165) is 21.3 Å². The van der Waals surface area contributed by atoms with E-state index in [1.54, 1.807) is 7.11 Å². The van der Waals surface area contributed by atoms with Gasteiger partial charge in [-0.25, -0.2) is 0 Å². The Kier molecular flexibility index (Phi) is 5.11. The number of hydrogen-bond acceptors (Lipinski definition) is 2. The number of methoxy groups -OCH3 is 1. The summed E-state index contributed by atoms with van der Waals surface area (Å²) >= 11 is 9.20. The molecule has 2 aromatic carbocycles. The molecule has 100 valence electrons. The van der Waals surface area contributed by atoms with E-state index in [9.17, 15) is 0 Å². The average Bonchev–Trinajstić information content (AvgIpc) is 2.46. The summed E-state index contributed by atoms with van der Waals surface area (Å²) in [4.78, 5) is 0. The molecule has 0 amide bonds. The third kappa shape index (κ3) is 3.88. The van der Waals surface area contributed by atoms with E-state index in [1.165, 1.54) is 0 Å². The Labute approximate surface area is 126 Å². The van der Waals surface area contributed by atoms with Crippen molar-refractivity contribution in [3.63, 3.8) is 0 Å². The van der Waals surface area contributed by atoms with Gasteiger partial charge in [0.2, 0.25) is 0 Å². The van der Waals surface area contributed by atoms with E-state index in [4.69, 9.17) is 21.1 Å². The molecule has 0 heterocycles. The fourth-order valence-corrected chi connectivity index (χ4v) is 2.09. The summed E-state index contributed by atoms with van der Waals surface area (Å²) in [6.45, 7) is 0.504. The van der Waals surface area contributed by atoms with Crippen LogP contribution in [0.3, 0.4) is 0 Å². The van der Waals surface area contributed by atoms with Gasteiger partial charge >= 0.3 is 0 Å². The van der Waals surface area contributed by atoms with E-state index >= 15 is 0 Å². The summed E-state index contributed by atoms with van der Waals surface area (Å²) in [6.07, 6.45) is 0. The standard InChI is InChI=1S/C15H14BrClO2/c1-18-15-8-12(9-17)4-7-14(15)19-10-11-2-5-13(16)6-3-11/h2-8H,9-10H2,1H3. The van der Waals surface area contributed by atoms with Crippen LogP contribution in [0.15, 0.2) is 46.9 Å². The number of hydrogen-bond donors (Lipinski definition) is 0. The lowest BCUT2D eigenvalue weighted by atomic mass is 10.2. The van der Waals surface area contributed by atoms with Crippen molar-refractivity contribution in [1.29, 1.82) is 0 Å². The van der Waals surface area contributed by atoms with Gasteiger partial charge in [-0.2, -0.15) is 0 Å². The van der Waals surface area contributed by atoms with Crippen LogP contribution in [0.4, 0.5) is 0 Å². The highest BCUT2D eigenvalue weighted by Crippen LogP contribution is 2.29. The minimum Gasteiger partial charge on any atom is -0.493 e. The molecule has 0 aromatic heterocycles. The zero-order chi connectivity index (χ0) is 13.7. The van der Waals surface area contributed by atoms with E-state index in [0.29, 0.717) is 18.2 Å². The van der Waals surface area contributed by atoms with Crippen molar-refractivity contribution in [3.8, 4) is 11.5 Å². The average molecular weight is 342 g/mol. The predicted octanol–water partition coefficient (Wildman–Crippen LogP) is 4.78. The van der Waals surface area contributed by atoms with E-state index in [1.807, 2.05) is 42.5 Å². The van der Waals surface area contributed by atoms with E-state index in [2.05, 4.69) is 15.9 Å². The number of halogens is 2. The van der Waals surface area contributed by atoms with Gasteiger partial charge in [-0.15, -0.1) is 11.6 Å². The second-order valence-electron chi connectivity index (χ2n) is 4.03. The molecule has 0 aliphatic rings. The van der Waals surface area contributed by atoms with Crippen molar-refractivity contribution < 1.29 is 9.47 Å². The van der Waals surface area contributed by atoms with Crippen molar-refractivity contribution in [1.82, 2.24) is 0 Å². The van der Waals surface area contributed by atoms with Gasteiger partial charge in [0.15, 0.2) is 11.5 Å². The molecule has 2 aromatic rings. The lowest BCUT2D eigenvalue weighted by Crippen LogP contribution is -1.98. The smallest absolute Gasteiger partial charge is 0.161 e. The molecule has 4 heteroatoms. The van der Waals surface area contributed by atoms with Gasteiger partial charge in [0.1, 0.15) is 6.61 Å². The lowest BCUT2D eigenvalue weighted by molar-refractivity contribution is 0.284. The summed E-state index contributed by atoms with van der Waals surface area (Å²) in [5, 5.41) is 0. The fourth-order valence-electron chi connectivity index (χ4n) is 1.66. The van der Waals surface area contributed by atoms with Gasteiger partial charge < -0.3 is 9.47 Å². The Morgan fingerprint density at radius 3 is 2.32 bits per heavy atom. The van der Waals surface area contributed by atoms with Crippen LogP contribution < -0.4 is 9.47 Å². The second-order valence-corrected chi connectivity index (χ2v) is 5.22. The Bertz CT molecular complexity index is 540. The molecule has 0 saturated heterocycles. The molecule has 0 aliphatic heterocycles. The molecule has 0 fully saturated rings. The normalized spacial score (nSPS) is 10.3. The van der Waals surface area contributed by atoms with Gasteiger partial charge in [0.05, 0.1) is 7.11 Å². The van der Waals surface area contributed by atoms with Crippen molar-refractivity contribution in [2.45, 2.75) is 12.5 Å². The minimum atomic E-state index is 0.462. The number of ether oxygens (including phenoxy) is 2. The maximum atomic E-state index is 5.80. The zero-order valence-electron chi connectivity index (χ0n) is 10.5. The molecule has 2 nitrogen and oxygen atoms in total. The maximum Gasteiger partial charge on any atom is 0.161 e. The van der Waals surface area contributed by atoms with Gasteiger partial charge in [-0.1, -0.05) is 34.1 Å². The van der Waals surface area contributed by atoms with E-state index in [-0.39, 0.29) is 0 Å². The summed E-state index contributed by atoms with van der Waals surface area (Å²) in [5.74, 6) is 1.89. The van der Waals surface area contributed by atoms with Crippen LogP contribution in [0.25, 0.3) is 0 Å². The van der Waals surface area contributed by atoms with Gasteiger partial charge in [0.25, 0.3) is 0 Å². The first kappa shape index (κ1) is 14.2. The summed E-state index contributed by atoms with van der Waals surface area (Å²) < 4.78 is 12.1. The highest BCUT2D eigenvalue weighted by Gasteiger charge is 2.05. The first-order valence-electron chi connectivity index (χ1n) is 5.83. The van der Waals surface area contributed by atoms with Crippen LogP contribution in [0.1, 0.15) is 11.1 Å². The Balaban J connectivity index is 2.08. The molecule has 0 spiro atoms. The molecular weight excluding hydrogens is 328 g/mol. The van der Waals surface area contributed by atoms with Crippen molar-refractivity contribution >= 4 is 27.5 Å². The van der Waals surface area contributed by atoms with Gasteiger partial charge in [-0.05, 0) is 35.4 Å². The lowest BCUT2D eigenvalue weighted by Gasteiger charge is -2.11. The van der Waals surface area contributed by atoms with E-state index < -0.39 is 0 Å². The monoisotopic (exact) mass is 340 g/mol. The van der Waals surface area contributed by atoms with Crippen LogP contribution in [0.2, 0.25) is 0 Å². The molecule has 19 heavy (non-hydrogen) atoms.